The summed E-state index contributed by atoms with van der Waals surface area (Å²) in [5.41, 5.74) is 1.81. The first-order chi connectivity index (χ1) is 15.7. The van der Waals surface area contributed by atoms with Gasteiger partial charge in [-0.1, -0.05) is 43.4 Å². The van der Waals surface area contributed by atoms with E-state index in [-0.39, 0.29) is 23.9 Å². The maximum Gasteiger partial charge on any atom is 0.266 e. The van der Waals surface area contributed by atoms with Crippen LogP contribution >= 0.6 is 22.7 Å². The van der Waals surface area contributed by atoms with Crippen LogP contribution in [-0.4, -0.2) is 31.6 Å². The van der Waals surface area contributed by atoms with Gasteiger partial charge in [0, 0.05) is 11.6 Å². The van der Waals surface area contributed by atoms with Crippen molar-refractivity contribution in [2.45, 2.75) is 40.2 Å². The summed E-state index contributed by atoms with van der Waals surface area (Å²) in [6.07, 6.45) is 1.32. The Morgan fingerprint density at radius 2 is 1.85 bits per heavy atom. The summed E-state index contributed by atoms with van der Waals surface area (Å²) in [6, 6.07) is 7.47. The Hall–Kier alpha value is -3.44. The van der Waals surface area contributed by atoms with Gasteiger partial charge >= 0.3 is 0 Å². The molecule has 0 aliphatic heterocycles. The van der Waals surface area contributed by atoms with Crippen molar-refractivity contribution in [2.24, 2.45) is 0 Å². The van der Waals surface area contributed by atoms with Gasteiger partial charge in [0.2, 0.25) is 11.0 Å². The van der Waals surface area contributed by atoms with Crippen LogP contribution in [0.4, 0.5) is 10.8 Å². The molecule has 0 bridgehead atoms. The van der Waals surface area contributed by atoms with Crippen LogP contribution in [0.5, 0.6) is 0 Å². The van der Waals surface area contributed by atoms with Crippen LogP contribution in [0.15, 0.2) is 35.4 Å². The zero-order chi connectivity index (χ0) is 23.7. The number of carbonyl (C=O) groups excluding carboxylic acids is 2. The molecule has 0 aliphatic carbocycles. The number of aryl methyl sites for hydroxylation is 2. The van der Waals surface area contributed by atoms with E-state index in [1.807, 2.05) is 45.0 Å². The fraction of sp³-hybridized carbons (Fsp3) is 0.273. The summed E-state index contributed by atoms with van der Waals surface area (Å²) >= 11 is 2.45. The molecule has 0 fully saturated rings. The van der Waals surface area contributed by atoms with E-state index in [1.54, 1.807) is 6.92 Å². The number of hydrogen-bond acceptors (Lipinski definition) is 8. The van der Waals surface area contributed by atoms with Gasteiger partial charge in [0.25, 0.3) is 11.5 Å². The summed E-state index contributed by atoms with van der Waals surface area (Å²) < 4.78 is 1.23. The molecule has 0 spiro atoms. The van der Waals surface area contributed by atoms with E-state index in [0.717, 1.165) is 21.9 Å². The zero-order valence-electron chi connectivity index (χ0n) is 18.5. The molecular weight excluding hydrogens is 460 g/mol. The minimum atomic E-state index is -0.407. The summed E-state index contributed by atoms with van der Waals surface area (Å²) in [6.45, 7) is 7.38. The second-order valence-electron chi connectivity index (χ2n) is 7.83. The lowest BCUT2D eigenvalue weighted by Gasteiger charge is -2.07. The lowest BCUT2D eigenvalue weighted by atomic mass is 10.2. The van der Waals surface area contributed by atoms with Gasteiger partial charge in [0.05, 0.1) is 16.6 Å². The van der Waals surface area contributed by atoms with Crippen molar-refractivity contribution >= 4 is 55.5 Å². The first kappa shape index (κ1) is 22.7. The first-order valence-electron chi connectivity index (χ1n) is 10.2. The number of para-hydroxylation sites is 1. The Labute approximate surface area is 197 Å². The molecule has 2 N–H and O–H groups in total. The Kier molecular flexibility index (Phi) is 6.34. The van der Waals surface area contributed by atoms with Gasteiger partial charge in [-0.25, -0.2) is 4.98 Å². The van der Waals surface area contributed by atoms with E-state index < -0.39 is 5.91 Å². The smallest absolute Gasteiger partial charge is 0.266 e. The SMILES string of the molecule is Cc1ccccc1NC(=O)c1sc2ncn(CC(=O)Nc3nnc(C(C)C)s3)c(=O)c2c1C. The topological polar surface area (TPSA) is 119 Å². The predicted octanol–water partition coefficient (Wildman–Crippen LogP) is 3.94. The fourth-order valence-corrected chi connectivity index (χ4v) is 5.01. The molecule has 3 aromatic heterocycles. The van der Waals surface area contributed by atoms with E-state index in [0.29, 0.717) is 31.5 Å². The van der Waals surface area contributed by atoms with Crippen molar-refractivity contribution in [3.05, 3.63) is 62.0 Å². The van der Waals surface area contributed by atoms with Crippen molar-refractivity contribution in [3.8, 4) is 0 Å². The number of anilines is 2. The molecular formula is C22H22N6O3S2. The third-order valence-electron chi connectivity index (χ3n) is 5.01. The van der Waals surface area contributed by atoms with Gasteiger partial charge in [-0.3, -0.25) is 24.3 Å². The van der Waals surface area contributed by atoms with Gasteiger partial charge in [-0.05, 0) is 31.0 Å². The van der Waals surface area contributed by atoms with Gasteiger partial charge in [0.1, 0.15) is 16.4 Å². The summed E-state index contributed by atoms with van der Waals surface area (Å²) in [4.78, 5) is 43.6. The maximum atomic E-state index is 13.1. The molecule has 2 amide bonds. The number of thiophene rings is 1. The molecule has 0 radical (unpaired) electrons. The quantitative estimate of drug-likeness (QED) is 0.430. The largest absolute Gasteiger partial charge is 0.321 e. The van der Waals surface area contributed by atoms with Crippen molar-refractivity contribution in [1.29, 1.82) is 0 Å². The number of rotatable bonds is 6. The van der Waals surface area contributed by atoms with Crippen LogP contribution in [0.25, 0.3) is 10.2 Å². The number of fused-ring (bicyclic) bond motifs is 1. The van der Waals surface area contributed by atoms with E-state index in [4.69, 9.17) is 0 Å². The third kappa shape index (κ3) is 4.69. The standard InChI is InChI=1S/C22H22N6O3S2/c1-11(2)19-26-27-22(33-19)25-15(29)9-28-10-23-20-16(21(28)31)13(4)17(32-20)18(30)24-14-8-6-5-7-12(14)3/h5-8,10-11H,9H2,1-4H3,(H,24,30)(H,25,27,29). The molecule has 0 saturated carbocycles. The number of hydrogen-bond donors (Lipinski definition) is 2. The Balaban J connectivity index is 1.56. The van der Waals surface area contributed by atoms with E-state index >= 15 is 0 Å². The summed E-state index contributed by atoms with van der Waals surface area (Å²) in [5, 5.41) is 15.1. The normalized spacial score (nSPS) is 11.2. The number of aromatic nitrogens is 4. The molecule has 0 atom stereocenters. The molecule has 4 rings (SSSR count). The van der Waals surface area contributed by atoms with Crippen molar-refractivity contribution < 1.29 is 9.59 Å². The molecule has 11 heteroatoms. The fourth-order valence-electron chi connectivity index (χ4n) is 3.21. The lowest BCUT2D eigenvalue weighted by Crippen LogP contribution is -2.28. The van der Waals surface area contributed by atoms with Crippen LogP contribution in [-0.2, 0) is 11.3 Å². The number of amides is 2. The Bertz CT molecular complexity index is 1420. The highest BCUT2D eigenvalue weighted by molar-refractivity contribution is 7.20. The average molecular weight is 483 g/mol. The number of benzene rings is 1. The lowest BCUT2D eigenvalue weighted by molar-refractivity contribution is -0.116. The van der Waals surface area contributed by atoms with Crippen molar-refractivity contribution in [2.75, 3.05) is 10.6 Å². The molecule has 33 heavy (non-hydrogen) atoms. The van der Waals surface area contributed by atoms with Crippen LogP contribution in [0.3, 0.4) is 0 Å². The highest BCUT2D eigenvalue weighted by atomic mass is 32.1. The van der Waals surface area contributed by atoms with Crippen molar-refractivity contribution in [3.63, 3.8) is 0 Å². The van der Waals surface area contributed by atoms with Gasteiger partial charge in [-0.15, -0.1) is 21.5 Å². The molecule has 3 heterocycles. The molecule has 1 aromatic carbocycles. The van der Waals surface area contributed by atoms with Crippen LogP contribution in [0.1, 0.15) is 45.6 Å². The highest BCUT2D eigenvalue weighted by Gasteiger charge is 2.21. The monoisotopic (exact) mass is 482 g/mol. The molecule has 9 nitrogen and oxygen atoms in total. The maximum absolute atomic E-state index is 13.1. The zero-order valence-corrected chi connectivity index (χ0v) is 20.1. The van der Waals surface area contributed by atoms with E-state index in [2.05, 4.69) is 25.8 Å². The van der Waals surface area contributed by atoms with Gasteiger partial charge in [-0.2, -0.15) is 0 Å². The van der Waals surface area contributed by atoms with Gasteiger partial charge < -0.3 is 5.32 Å². The van der Waals surface area contributed by atoms with E-state index in [1.165, 1.54) is 22.2 Å². The Morgan fingerprint density at radius 3 is 2.55 bits per heavy atom. The number of nitrogens with zero attached hydrogens (tertiary/aromatic N) is 4. The second-order valence-corrected chi connectivity index (χ2v) is 9.84. The van der Waals surface area contributed by atoms with Crippen LogP contribution in [0, 0.1) is 13.8 Å². The van der Waals surface area contributed by atoms with Crippen LogP contribution < -0.4 is 16.2 Å². The molecule has 4 aromatic rings. The third-order valence-corrected chi connectivity index (χ3v) is 7.35. The molecule has 0 saturated heterocycles. The van der Waals surface area contributed by atoms with Crippen LogP contribution in [0.2, 0.25) is 0 Å². The first-order valence-corrected chi connectivity index (χ1v) is 11.9. The van der Waals surface area contributed by atoms with Gasteiger partial charge in [0.15, 0.2) is 0 Å². The summed E-state index contributed by atoms with van der Waals surface area (Å²) in [7, 11) is 0. The van der Waals surface area contributed by atoms with Crippen molar-refractivity contribution in [1.82, 2.24) is 19.7 Å². The Morgan fingerprint density at radius 1 is 1.09 bits per heavy atom. The molecule has 0 unspecified atom stereocenters. The number of nitrogens with one attached hydrogen (secondary N) is 2. The van der Waals surface area contributed by atoms with E-state index in [9.17, 15) is 14.4 Å². The molecule has 170 valence electrons. The second kappa shape index (κ2) is 9.20. The average Bonchev–Trinajstić information content (AvgIpc) is 3.37. The highest BCUT2D eigenvalue weighted by Crippen LogP contribution is 2.28. The molecule has 0 aliphatic rings. The minimum absolute atomic E-state index is 0.209. The summed E-state index contributed by atoms with van der Waals surface area (Å²) in [5.74, 6) is -0.498. The minimum Gasteiger partial charge on any atom is -0.321 e. The predicted molar refractivity (Wildman–Crippen MR) is 130 cm³/mol. The number of carbonyl (C=O) groups is 2.